The van der Waals surface area contributed by atoms with Crippen molar-refractivity contribution in [2.75, 3.05) is 0 Å². The number of hydrogen-bond donors (Lipinski definition) is 2. The molecule has 0 atom stereocenters. The van der Waals surface area contributed by atoms with Gasteiger partial charge in [-0.05, 0) is 43.0 Å². The van der Waals surface area contributed by atoms with Crippen LogP contribution in [-0.4, -0.2) is 16.7 Å². The number of aliphatic imine (C=N–C) groups is 1. The van der Waals surface area contributed by atoms with Crippen molar-refractivity contribution >= 4 is 34.9 Å². The number of allylic oxidation sites excluding steroid dienone is 3. The van der Waals surface area contributed by atoms with Crippen LogP contribution < -0.4 is 5.69 Å². The molecule has 2 aromatic carbocycles. The lowest BCUT2D eigenvalue weighted by molar-refractivity contribution is 1.22. The molecule has 0 saturated heterocycles. The smallest absolute Gasteiger partial charge is 0.306 e. The van der Waals surface area contributed by atoms with Crippen molar-refractivity contribution in [3.63, 3.8) is 0 Å². The average Bonchev–Trinajstić information content (AvgIpc) is 2.96. The number of nitrogens with zero attached hydrogens (tertiary/aromatic N) is 1. The molecule has 3 aromatic rings. The van der Waals surface area contributed by atoms with Gasteiger partial charge < -0.3 is 9.97 Å². The maximum absolute atomic E-state index is 11.4. The highest BCUT2D eigenvalue weighted by Crippen LogP contribution is 2.35. The Kier molecular flexibility index (Phi) is 4.49. The number of halogens is 1. The molecule has 1 aromatic heterocycles. The first-order valence-corrected chi connectivity index (χ1v) is 7.82. The van der Waals surface area contributed by atoms with E-state index in [0.717, 1.165) is 33.3 Å². The normalized spacial score (nSPS) is 12.2. The van der Waals surface area contributed by atoms with Gasteiger partial charge in [0, 0.05) is 17.3 Å². The Bertz CT molecular complexity index is 1020. The van der Waals surface area contributed by atoms with Crippen molar-refractivity contribution in [2.45, 2.75) is 6.92 Å². The van der Waals surface area contributed by atoms with Crippen LogP contribution in [0.25, 0.3) is 27.7 Å². The number of nitrogens with one attached hydrogen (secondary N) is 2. The fourth-order valence-corrected chi connectivity index (χ4v) is 3.00. The molecule has 0 aliphatic heterocycles. The van der Waals surface area contributed by atoms with E-state index in [4.69, 9.17) is 11.6 Å². The first-order valence-electron chi connectivity index (χ1n) is 7.44. The standard InChI is InChI=1S/C19H16ClN3O/c1-3-12(9-10-21-2)14-5-4-6-15(18(14)20)13-7-8-16-17(11-13)23-19(24)22-16/h3-11H,2H2,1H3,(H2,22,23,24)/b10-9-,12-3+. The van der Waals surface area contributed by atoms with Crippen molar-refractivity contribution in [2.24, 2.45) is 4.99 Å². The molecule has 0 saturated carbocycles. The zero-order valence-corrected chi connectivity index (χ0v) is 13.9. The molecular weight excluding hydrogens is 322 g/mol. The van der Waals surface area contributed by atoms with Crippen LogP contribution in [0.1, 0.15) is 12.5 Å². The summed E-state index contributed by atoms with van der Waals surface area (Å²) in [6.45, 7) is 5.40. The third-order valence-electron chi connectivity index (χ3n) is 3.81. The lowest BCUT2D eigenvalue weighted by atomic mass is 9.98. The second kappa shape index (κ2) is 6.72. The highest BCUT2D eigenvalue weighted by molar-refractivity contribution is 6.35. The number of aromatic amines is 2. The highest BCUT2D eigenvalue weighted by Gasteiger charge is 2.11. The number of benzene rings is 2. The van der Waals surface area contributed by atoms with E-state index in [0.29, 0.717) is 5.02 Å². The van der Waals surface area contributed by atoms with Gasteiger partial charge in [-0.1, -0.05) is 41.9 Å². The molecule has 0 radical (unpaired) electrons. The minimum atomic E-state index is -0.222. The topological polar surface area (TPSA) is 61.0 Å². The van der Waals surface area contributed by atoms with E-state index in [-0.39, 0.29) is 5.69 Å². The summed E-state index contributed by atoms with van der Waals surface area (Å²) in [4.78, 5) is 20.7. The molecule has 24 heavy (non-hydrogen) atoms. The van der Waals surface area contributed by atoms with Gasteiger partial charge in [0.25, 0.3) is 0 Å². The molecule has 4 nitrogen and oxygen atoms in total. The van der Waals surface area contributed by atoms with Crippen LogP contribution in [0.5, 0.6) is 0 Å². The van der Waals surface area contributed by atoms with E-state index in [9.17, 15) is 4.79 Å². The number of H-pyrrole nitrogens is 2. The quantitative estimate of drug-likeness (QED) is 0.521. The number of hydrogen-bond acceptors (Lipinski definition) is 2. The molecule has 5 heteroatoms. The molecule has 0 unspecified atom stereocenters. The SMILES string of the molecule is C=N/C=C\C(=C/C)c1cccc(-c2ccc3[nH]c(=O)[nH]c3c2)c1Cl. The van der Waals surface area contributed by atoms with E-state index in [1.54, 1.807) is 6.20 Å². The van der Waals surface area contributed by atoms with Crippen molar-refractivity contribution < 1.29 is 0 Å². The number of imidazole rings is 1. The predicted octanol–water partition coefficient (Wildman–Crippen LogP) is 4.79. The van der Waals surface area contributed by atoms with Gasteiger partial charge in [0.1, 0.15) is 0 Å². The van der Waals surface area contributed by atoms with E-state index in [2.05, 4.69) is 21.7 Å². The van der Waals surface area contributed by atoms with E-state index in [1.807, 2.05) is 55.5 Å². The molecule has 0 bridgehead atoms. The van der Waals surface area contributed by atoms with Crippen LogP contribution >= 0.6 is 11.6 Å². The minimum absolute atomic E-state index is 0.222. The zero-order chi connectivity index (χ0) is 17.1. The summed E-state index contributed by atoms with van der Waals surface area (Å²) >= 11 is 6.65. The zero-order valence-electron chi connectivity index (χ0n) is 13.1. The molecular formula is C19H16ClN3O. The van der Waals surface area contributed by atoms with Crippen LogP contribution in [0.15, 0.2) is 64.5 Å². The summed E-state index contributed by atoms with van der Waals surface area (Å²) in [6.07, 6.45) is 5.47. The molecule has 0 aliphatic carbocycles. The first kappa shape index (κ1) is 16.0. The number of aromatic nitrogens is 2. The number of rotatable bonds is 4. The molecule has 0 amide bonds. The lowest BCUT2D eigenvalue weighted by Gasteiger charge is -2.11. The highest BCUT2D eigenvalue weighted by atomic mass is 35.5. The summed E-state index contributed by atoms with van der Waals surface area (Å²) in [5.41, 5.74) is 5.01. The molecule has 120 valence electrons. The van der Waals surface area contributed by atoms with Crippen LogP contribution in [0.3, 0.4) is 0 Å². The van der Waals surface area contributed by atoms with Crippen molar-refractivity contribution in [1.82, 2.24) is 9.97 Å². The van der Waals surface area contributed by atoms with E-state index < -0.39 is 0 Å². The monoisotopic (exact) mass is 337 g/mol. The Morgan fingerprint density at radius 3 is 2.75 bits per heavy atom. The summed E-state index contributed by atoms with van der Waals surface area (Å²) in [6, 6.07) is 11.6. The molecule has 0 fully saturated rings. The Balaban J connectivity index is 2.14. The van der Waals surface area contributed by atoms with E-state index in [1.165, 1.54) is 0 Å². The molecule has 2 N–H and O–H groups in total. The maximum atomic E-state index is 11.4. The third-order valence-corrected chi connectivity index (χ3v) is 4.21. The molecule has 0 aliphatic rings. The predicted molar refractivity (Wildman–Crippen MR) is 102 cm³/mol. The van der Waals surface area contributed by atoms with E-state index >= 15 is 0 Å². The van der Waals surface area contributed by atoms with Crippen LogP contribution in [-0.2, 0) is 0 Å². The van der Waals surface area contributed by atoms with Gasteiger partial charge >= 0.3 is 5.69 Å². The minimum Gasteiger partial charge on any atom is -0.306 e. The second-order valence-electron chi connectivity index (χ2n) is 5.25. The Labute approximate surface area is 144 Å². The van der Waals surface area contributed by atoms with Crippen LogP contribution in [0.2, 0.25) is 5.02 Å². The molecule has 1 heterocycles. The third kappa shape index (κ3) is 2.96. The van der Waals surface area contributed by atoms with Gasteiger partial charge in [-0.3, -0.25) is 4.99 Å². The van der Waals surface area contributed by atoms with Gasteiger partial charge in [0.2, 0.25) is 0 Å². The maximum Gasteiger partial charge on any atom is 0.323 e. The average molecular weight is 338 g/mol. The van der Waals surface area contributed by atoms with Crippen LogP contribution in [0, 0.1) is 0 Å². The van der Waals surface area contributed by atoms with Gasteiger partial charge in [-0.2, -0.15) is 0 Å². The van der Waals surface area contributed by atoms with Crippen molar-refractivity contribution in [3.8, 4) is 11.1 Å². The Morgan fingerprint density at radius 2 is 2.00 bits per heavy atom. The lowest BCUT2D eigenvalue weighted by Crippen LogP contribution is -1.99. The first-order chi connectivity index (χ1) is 11.6. The largest absolute Gasteiger partial charge is 0.323 e. The fraction of sp³-hybridized carbons (Fsp3) is 0.0526. The fourth-order valence-electron chi connectivity index (χ4n) is 2.65. The Hall–Kier alpha value is -2.85. The van der Waals surface area contributed by atoms with Gasteiger partial charge in [0.05, 0.1) is 16.1 Å². The Morgan fingerprint density at radius 1 is 1.21 bits per heavy atom. The van der Waals surface area contributed by atoms with Gasteiger partial charge in [0.15, 0.2) is 0 Å². The summed E-state index contributed by atoms with van der Waals surface area (Å²) < 4.78 is 0. The number of fused-ring (bicyclic) bond motifs is 1. The van der Waals surface area contributed by atoms with Crippen molar-refractivity contribution in [1.29, 1.82) is 0 Å². The second-order valence-corrected chi connectivity index (χ2v) is 5.63. The van der Waals surface area contributed by atoms with Crippen molar-refractivity contribution in [3.05, 3.63) is 75.8 Å². The van der Waals surface area contributed by atoms with Crippen LogP contribution in [0.4, 0.5) is 0 Å². The summed E-state index contributed by atoms with van der Waals surface area (Å²) in [5, 5.41) is 0.650. The summed E-state index contributed by atoms with van der Waals surface area (Å²) in [5.74, 6) is 0. The summed E-state index contributed by atoms with van der Waals surface area (Å²) in [7, 11) is 0. The van der Waals surface area contributed by atoms with Gasteiger partial charge in [-0.25, -0.2) is 4.79 Å². The van der Waals surface area contributed by atoms with Gasteiger partial charge in [-0.15, -0.1) is 0 Å². The molecule has 0 spiro atoms. The molecule has 3 rings (SSSR count).